The molecule has 0 aromatic rings. The van der Waals surface area contributed by atoms with Crippen molar-refractivity contribution in [2.75, 3.05) is 6.61 Å². The molecule has 4 rings (SSSR count). The zero-order valence-corrected chi connectivity index (χ0v) is 20.6. The van der Waals surface area contributed by atoms with E-state index in [0.717, 1.165) is 48.3 Å². The predicted molar refractivity (Wildman–Crippen MR) is 125 cm³/mol. The van der Waals surface area contributed by atoms with E-state index in [1.54, 1.807) is 0 Å². The average Bonchev–Trinajstić information content (AvgIpc) is 3.05. The lowest BCUT2D eigenvalue weighted by Crippen LogP contribution is -2.57. The molecule has 0 bridgehead atoms. The Balaban J connectivity index is 1.52. The second-order valence-electron chi connectivity index (χ2n) is 13.1. The zero-order chi connectivity index (χ0) is 21.7. The molecule has 4 saturated carbocycles. The van der Waals surface area contributed by atoms with Gasteiger partial charge in [0.2, 0.25) is 0 Å². The first-order chi connectivity index (χ1) is 14.2. The summed E-state index contributed by atoms with van der Waals surface area (Å²) in [6.07, 6.45) is 14.1. The number of aliphatic hydroxyl groups excluding tert-OH is 2. The number of fused-ring (bicyclic) bond motifs is 5. The van der Waals surface area contributed by atoms with Gasteiger partial charge in [-0.3, -0.25) is 0 Å². The van der Waals surface area contributed by atoms with Crippen molar-refractivity contribution < 1.29 is 10.2 Å². The molecule has 2 N–H and O–H groups in total. The van der Waals surface area contributed by atoms with Gasteiger partial charge in [0.25, 0.3) is 0 Å². The van der Waals surface area contributed by atoms with Gasteiger partial charge >= 0.3 is 0 Å². The highest BCUT2D eigenvalue weighted by Gasteiger charge is 2.62. The summed E-state index contributed by atoms with van der Waals surface area (Å²) in [4.78, 5) is 0. The number of aliphatic hydroxyl groups is 2. The van der Waals surface area contributed by atoms with Crippen LogP contribution in [0.3, 0.4) is 0 Å². The SMILES string of the molecule is CC(C)CCC[C@@H](C)[C@H]1CC[C@H]2[C@@H]3C[C@H](CO)[C@H]4C[C@@H](O)CC[C@]4(C)[C@H]3CC[C@]12C. The molecule has 4 fully saturated rings. The molecule has 2 heteroatoms. The van der Waals surface area contributed by atoms with E-state index in [-0.39, 0.29) is 6.10 Å². The number of rotatable bonds is 6. The molecule has 2 nitrogen and oxygen atoms in total. The largest absolute Gasteiger partial charge is 0.396 e. The van der Waals surface area contributed by atoms with Gasteiger partial charge < -0.3 is 10.2 Å². The second kappa shape index (κ2) is 8.69. The lowest BCUT2D eigenvalue weighted by atomic mass is 9.42. The summed E-state index contributed by atoms with van der Waals surface area (Å²) in [6.45, 7) is 12.8. The van der Waals surface area contributed by atoms with Crippen molar-refractivity contribution >= 4 is 0 Å². The monoisotopic (exact) mass is 418 g/mol. The van der Waals surface area contributed by atoms with Crippen LogP contribution in [0.1, 0.15) is 105 Å². The molecule has 0 spiro atoms. The van der Waals surface area contributed by atoms with E-state index in [0.29, 0.717) is 29.3 Å². The minimum absolute atomic E-state index is 0.134. The fraction of sp³-hybridized carbons (Fsp3) is 1.00. The first-order valence-corrected chi connectivity index (χ1v) is 13.5. The maximum Gasteiger partial charge on any atom is 0.0543 e. The maximum atomic E-state index is 10.4. The van der Waals surface area contributed by atoms with Gasteiger partial charge in [-0.15, -0.1) is 0 Å². The molecule has 4 aliphatic carbocycles. The molecule has 174 valence electrons. The Kier molecular flexibility index (Phi) is 6.69. The first kappa shape index (κ1) is 23.1. The van der Waals surface area contributed by atoms with Gasteiger partial charge in [-0.05, 0) is 110 Å². The van der Waals surface area contributed by atoms with Gasteiger partial charge in [-0.2, -0.15) is 0 Å². The Labute approximate surface area is 186 Å². The third-order valence-corrected chi connectivity index (χ3v) is 11.3. The van der Waals surface area contributed by atoms with Gasteiger partial charge in [-0.25, -0.2) is 0 Å². The van der Waals surface area contributed by atoms with Crippen LogP contribution in [0.4, 0.5) is 0 Å². The molecule has 10 atom stereocenters. The summed E-state index contributed by atoms with van der Waals surface area (Å²) < 4.78 is 0. The molecular formula is C28H50O2. The lowest BCUT2D eigenvalue weighted by molar-refractivity contribution is -0.158. The van der Waals surface area contributed by atoms with Crippen LogP contribution in [0.15, 0.2) is 0 Å². The van der Waals surface area contributed by atoms with E-state index in [1.807, 2.05) is 0 Å². The van der Waals surface area contributed by atoms with E-state index in [1.165, 1.54) is 57.8 Å². The fourth-order valence-corrected chi connectivity index (χ4v) is 9.71. The topological polar surface area (TPSA) is 40.5 Å². The van der Waals surface area contributed by atoms with Crippen molar-refractivity contribution in [1.29, 1.82) is 0 Å². The highest BCUT2D eigenvalue weighted by atomic mass is 16.3. The molecule has 0 aromatic heterocycles. The summed E-state index contributed by atoms with van der Waals surface area (Å²) in [7, 11) is 0. The molecule has 0 saturated heterocycles. The number of hydrogen-bond acceptors (Lipinski definition) is 2. The smallest absolute Gasteiger partial charge is 0.0543 e. The van der Waals surface area contributed by atoms with Crippen LogP contribution in [0.25, 0.3) is 0 Å². The molecule has 0 amide bonds. The Hall–Kier alpha value is -0.0800. The van der Waals surface area contributed by atoms with Gasteiger partial charge in [-0.1, -0.05) is 53.9 Å². The maximum absolute atomic E-state index is 10.4. The highest BCUT2D eigenvalue weighted by Crippen LogP contribution is 2.69. The molecule has 0 heterocycles. The van der Waals surface area contributed by atoms with E-state index >= 15 is 0 Å². The van der Waals surface area contributed by atoms with Crippen LogP contribution in [-0.2, 0) is 0 Å². The summed E-state index contributed by atoms with van der Waals surface area (Å²) in [5.41, 5.74) is 0.869. The van der Waals surface area contributed by atoms with Gasteiger partial charge in [0.05, 0.1) is 6.10 Å². The highest BCUT2D eigenvalue weighted by molar-refractivity contribution is 5.11. The minimum Gasteiger partial charge on any atom is -0.396 e. The van der Waals surface area contributed by atoms with E-state index < -0.39 is 0 Å². The van der Waals surface area contributed by atoms with Crippen LogP contribution >= 0.6 is 0 Å². The second-order valence-corrected chi connectivity index (χ2v) is 13.1. The van der Waals surface area contributed by atoms with Crippen LogP contribution in [0.5, 0.6) is 0 Å². The fourth-order valence-electron chi connectivity index (χ4n) is 9.71. The van der Waals surface area contributed by atoms with Crippen molar-refractivity contribution in [2.45, 2.75) is 111 Å². The van der Waals surface area contributed by atoms with Crippen molar-refractivity contribution in [3.8, 4) is 0 Å². The van der Waals surface area contributed by atoms with E-state index in [4.69, 9.17) is 0 Å². The molecule has 0 radical (unpaired) electrons. The standard InChI is InChI=1S/C28H50O2/c1-18(2)7-6-8-19(3)23-9-10-24-22-15-20(17-29)26-16-21(30)11-13-28(26,5)25(22)12-14-27(23,24)4/h18-26,29-30H,6-17H2,1-5H3/t19-,20-,21+,22+,23-,24+,25+,26-,27-,28-/m1/s1. The molecule has 30 heavy (non-hydrogen) atoms. The first-order valence-electron chi connectivity index (χ1n) is 13.5. The molecule has 0 aliphatic heterocycles. The van der Waals surface area contributed by atoms with E-state index in [9.17, 15) is 10.2 Å². The molecule has 0 aromatic carbocycles. The third kappa shape index (κ3) is 3.81. The summed E-state index contributed by atoms with van der Waals surface area (Å²) in [5, 5.41) is 20.7. The quantitative estimate of drug-likeness (QED) is 0.504. The Morgan fingerprint density at radius 3 is 2.23 bits per heavy atom. The third-order valence-electron chi connectivity index (χ3n) is 11.3. The number of hydrogen-bond donors (Lipinski definition) is 2. The normalized spacial score (nSPS) is 49.4. The Morgan fingerprint density at radius 2 is 1.53 bits per heavy atom. The van der Waals surface area contributed by atoms with Crippen LogP contribution in [0, 0.1) is 58.2 Å². The lowest BCUT2D eigenvalue weighted by Gasteiger charge is -2.63. The van der Waals surface area contributed by atoms with Crippen molar-refractivity contribution in [1.82, 2.24) is 0 Å². The summed E-state index contributed by atoms with van der Waals surface area (Å²) >= 11 is 0. The van der Waals surface area contributed by atoms with Crippen LogP contribution in [-0.4, -0.2) is 22.9 Å². The predicted octanol–water partition coefficient (Wildman–Crippen LogP) is 6.69. The van der Waals surface area contributed by atoms with Gasteiger partial charge in [0, 0.05) is 6.61 Å². The van der Waals surface area contributed by atoms with Gasteiger partial charge in [0.1, 0.15) is 0 Å². The average molecular weight is 419 g/mol. The Bertz CT molecular complexity index is 587. The zero-order valence-electron chi connectivity index (χ0n) is 20.6. The molecule has 4 aliphatic rings. The minimum atomic E-state index is -0.134. The van der Waals surface area contributed by atoms with Crippen LogP contribution < -0.4 is 0 Å². The molecular weight excluding hydrogens is 368 g/mol. The summed E-state index contributed by atoms with van der Waals surface area (Å²) in [5.74, 6) is 6.05. The van der Waals surface area contributed by atoms with Crippen LogP contribution in [0.2, 0.25) is 0 Å². The Morgan fingerprint density at radius 1 is 0.833 bits per heavy atom. The molecule has 0 unspecified atom stereocenters. The van der Waals surface area contributed by atoms with E-state index in [2.05, 4.69) is 34.6 Å². The van der Waals surface area contributed by atoms with Crippen molar-refractivity contribution in [2.24, 2.45) is 58.2 Å². The van der Waals surface area contributed by atoms with Gasteiger partial charge in [0.15, 0.2) is 0 Å². The van der Waals surface area contributed by atoms with Crippen molar-refractivity contribution in [3.63, 3.8) is 0 Å². The summed E-state index contributed by atoms with van der Waals surface area (Å²) in [6, 6.07) is 0. The van der Waals surface area contributed by atoms with Crippen molar-refractivity contribution in [3.05, 3.63) is 0 Å².